The Morgan fingerprint density at radius 1 is 1.09 bits per heavy atom. The maximum Gasteiger partial charge on any atom is 0.410 e. The Bertz CT molecular complexity index is 789. The fourth-order valence-electron chi connectivity index (χ4n) is 7.03. The van der Waals surface area contributed by atoms with Gasteiger partial charge in [-0.3, -0.25) is 0 Å². The van der Waals surface area contributed by atoms with Crippen LogP contribution < -0.4 is 0 Å². The van der Waals surface area contributed by atoms with Crippen LogP contribution in [0.1, 0.15) is 65.7 Å². The smallest absolute Gasteiger partial charge is 0.410 e. The fraction of sp³-hybridized carbons (Fsp3) is 0.889. The van der Waals surface area contributed by atoms with Crippen LogP contribution in [-0.2, 0) is 18.9 Å². The number of piperidine rings is 2. The molecule has 4 saturated heterocycles. The molecule has 5 rings (SSSR count). The van der Waals surface area contributed by atoms with Crippen LogP contribution in [0.15, 0.2) is 11.6 Å². The van der Waals surface area contributed by atoms with Crippen molar-refractivity contribution in [1.29, 1.82) is 0 Å². The van der Waals surface area contributed by atoms with E-state index in [0.29, 0.717) is 5.41 Å². The summed E-state index contributed by atoms with van der Waals surface area (Å²) in [6.07, 6.45) is 8.99. The van der Waals surface area contributed by atoms with Gasteiger partial charge in [0.05, 0.1) is 18.6 Å². The quantitative estimate of drug-likeness (QED) is 0.441. The van der Waals surface area contributed by atoms with Gasteiger partial charge in [-0.15, -0.1) is 0 Å². The third-order valence-electron chi connectivity index (χ3n) is 9.62. The Balaban J connectivity index is 1.21. The minimum absolute atomic E-state index is 0.0657. The Hall–Kier alpha value is -1.15. The number of amides is 1. The van der Waals surface area contributed by atoms with Crippen LogP contribution >= 0.6 is 0 Å². The Morgan fingerprint density at radius 3 is 2.32 bits per heavy atom. The lowest BCUT2D eigenvalue weighted by Gasteiger charge is -2.46. The van der Waals surface area contributed by atoms with Crippen LogP contribution in [0.4, 0.5) is 4.79 Å². The van der Waals surface area contributed by atoms with Crippen LogP contribution in [0.3, 0.4) is 0 Å². The molecule has 4 heterocycles. The summed E-state index contributed by atoms with van der Waals surface area (Å²) in [5.41, 5.74) is 1.23. The maximum atomic E-state index is 13.2. The first-order valence-electron chi connectivity index (χ1n) is 13.3. The first kappa shape index (κ1) is 24.5. The monoisotopic (exact) mass is 476 g/mol. The van der Waals surface area contributed by atoms with E-state index in [1.54, 1.807) is 7.11 Å². The van der Waals surface area contributed by atoms with E-state index >= 15 is 0 Å². The molecule has 0 aromatic carbocycles. The van der Waals surface area contributed by atoms with Crippen molar-refractivity contribution in [3.8, 4) is 0 Å². The minimum atomic E-state index is -0.306. The van der Waals surface area contributed by atoms with Crippen molar-refractivity contribution in [2.24, 2.45) is 11.3 Å². The number of likely N-dealkylation sites (tertiary alicyclic amines) is 2. The largest absolute Gasteiger partial charge is 0.443 e. The van der Waals surface area contributed by atoms with Gasteiger partial charge in [-0.1, -0.05) is 11.6 Å². The molecule has 4 aliphatic heterocycles. The molecular weight excluding hydrogens is 432 g/mol. The van der Waals surface area contributed by atoms with Gasteiger partial charge in [-0.2, -0.15) is 0 Å². The molecule has 6 atom stereocenters. The van der Waals surface area contributed by atoms with Gasteiger partial charge < -0.3 is 28.7 Å². The average Bonchev–Trinajstić information content (AvgIpc) is 3.73. The molecule has 192 valence electrons. The Morgan fingerprint density at radius 2 is 1.74 bits per heavy atom. The van der Waals surface area contributed by atoms with E-state index in [-0.39, 0.29) is 41.5 Å². The normalized spacial score (nSPS) is 41.4. The van der Waals surface area contributed by atoms with Gasteiger partial charge in [-0.25, -0.2) is 4.79 Å². The highest BCUT2D eigenvalue weighted by Gasteiger charge is 2.72. The molecule has 2 spiro atoms. The summed E-state index contributed by atoms with van der Waals surface area (Å²) in [7, 11) is 3.94. The second-order valence-corrected chi connectivity index (χ2v) is 12.1. The van der Waals surface area contributed by atoms with Crippen molar-refractivity contribution in [1.82, 2.24) is 9.80 Å². The number of carbonyl (C=O) groups is 1. The standard InChI is InChI=1S/C27H44N2O5/c1-19(2)6-7-21-25(3,34-21)23-22(31-5)20(8-9-27(23)18-32-27)33-24(30)29-16-12-26(13-17-29)10-14-28(4)15-11-26/h6,20-23H,7-18H2,1-5H3/t20?,21-,22?,23?,25+,27?/m1/s1. The second kappa shape index (κ2) is 9.06. The highest BCUT2D eigenvalue weighted by molar-refractivity contribution is 5.68. The number of rotatable bonds is 5. The Kier molecular flexibility index (Phi) is 6.54. The average molecular weight is 477 g/mol. The van der Waals surface area contributed by atoms with Gasteiger partial charge in [0.15, 0.2) is 0 Å². The van der Waals surface area contributed by atoms with Crippen molar-refractivity contribution in [3.05, 3.63) is 11.6 Å². The summed E-state index contributed by atoms with van der Waals surface area (Å²) >= 11 is 0. The zero-order valence-electron chi connectivity index (χ0n) is 21.8. The number of nitrogens with zero attached hydrogens (tertiary/aromatic N) is 2. The lowest BCUT2D eigenvalue weighted by molar-refractivity contribution is -0.123. The highest BCUT2D eigenvalue weighted by Crippen LogP contribution is 2.59. The van der Waals surface area contributed by atoms with Crippen molar-refractivity contribution in [2.75, 3.05) is 46.9 Å². The molecule has 0 aromatic rings. The van der Waals surface area contributed by atoms with E-state index in [1.165, 1.54) is 31.5 Å². The van der Waals surface area contributed by atoms with Crippen LogP contribution in [0.2, 0.25) is 0 Å². The molecule has 0 bridgehead atoms. The molecule has 7 heteroatoms. The zero-order chi connectivity index (χ0) is 24.1. The van der Waals surface area contributed by atoms with Crippen molar-refractivity contribution >= 4 is 6.09 Å². The lowest BCUT2D eigenvalue weighted by Crippen LogP contribution is -2.56. The number of carbonyl (C=O) groups excluding carboxylic acids is 1. The summed E-state index contributed by atoms with van der Waals surface area (Å²) in [5.74, 6) is 0.0657. The first-order chi connectivity index (χ1) is 16.2. The van der Waals surface area contributed by atoms with Crippen molar-refractivity contribution < 1.29 is 23.7 Å². The molecule has 4 unspecified atom stereocenters. The minimum Gasteiger partial charge on any atom is -0.443 e. The van der Waals surface area contributed by atoms with Gasteiger partial charge in [0, 0.05) is 20.2 Å². The molecule has 0 N–H and O–H groups in total. The van der Waals surface area contributed by atoms with Crippen LogP contribution in [-0.4, -0.2) is 92.4 Å². The lowest BCUT2D eigenvalue weighted by atomic mass is 9.68. The number of hydrogen-bond donors (Lipinski definition) is 0. The van der Waals surface area contributed by atoms with Crippen molar-refractivity contribution in [3.63, 3.8) is 0 Å². The van der Waals surface area contributed by atoms with Crippen LogP contribution in [0, 0.1) is 11.3 Å². The number of allylic oxidation sites excluding steroid dienone is 1. The van der Waals surface area contributed by atoms with Gasteiger partial charge in [0.1, 0.15) is 23.4 Å². The zero-order valence-corrected chi connectivity index (χ0v) is 21.8. The predicted molar refractivity (Wildman–Crippen MR) is 130 cm³/mol. The van der Waals surface area contributed by atoms with Gasteiger partial charge in [-0.05, 0) is 91.3 Å². The van der Waals surface area contributed by atoms with Crippen LogP contribution in [0.5, 0.6) is 0 Å². The molecule has 1 amide bonds. The van der Waals surface area contributed by atoms with Gasteiger partial charge >= 0.3 is 6.09 Å². The number of hydrogen-bond acceptors (Lipinski definition) is 6. The third kappa shape index (κ3) is 4.54. The van der Waals surface area contributed by atoms with Crippen molar-refractivity contribution in [2.45, 2.75) is 95.2 Å². The molecule has 5 aliphatic rings. The highest BCUT2D eigenvalue weighted by atomic mass is 16.6. The van der Waals surface area contributed by atoms with Crippen LogP contribution in [0.25, 0.3) is 0 Å². The summed E-state index contributed by atoms with van der Waals surface area (Å²) in [6, 6.07) is 0. The van der Waals surface area contributed by atoms with Gasteiger partial charge in [0.2, 0.25) is 0 Å². The predicted octanol–water partition coefficient (Wildman–Crippen LogP) is 4.01. The van der Waals surface area contributed by atoms with E-state index in [2.05, 4.69) is 38.8 Å². The van der Waals surface area contributed by atoms with E-state index in [9.17, 15) is 4.79 Å². The molecule has 1 saturated carbocycles. The third-order valence-corrected chi connectivity index (χ3v) is 9.62. The fourth-order valence-corrected chi connectivity index (χ4v) is 7.03. The van der Waals surface area contributed by atoms with E-state index < -0.39 is 0 Å². The molecule has 0 radical (unpaired) electrons. The first-order valence-corrected chi connectivity index (χ1v) is 13.3. The number of epoxide rings is 2. The van der Waals surface area contributed by atoms with E-state index in [4.69, 9.17) is 18.9 Å². The maximum absolute atomic E-state index is 13.2. The summed E-state index contributed by atoms with van der Waals surface area (Å²) in [4.78, 5) is 17.6. The van der Waals surface area contributed by atoms with Gasteiger partial charge in [0.25, 0.3) is 0 Å². The molecule has 34 heavy (non-hydrogen) atoms. The molecule has 7 nitrogen and oxygen atoms in total. The summed E-state index contributed by atoms with van der Waals surface area (Å²) < 4.78 is 24.5. The SMILES string of the molecule is COC1C(OC(=O)N2CCC3(CCN(C)CC3)CC2)CCC2(CO2)C1[C@@]1(C)O[C@@H]1CC=C(C)C. The summed E-state index contributed by atoms with van der Waals surface area (Å²) in [5, 5.41) is 0. The molecule has 1 aliphatic carbocycles. The van der Waals surface area contributed by atoms with E-state index in [0.717, 1.165) is 51.8 Å². The number of methoxy groups -OCH3 is 1. The molecular formula is C27H44N2O5. The number of ether oxygens (including phenoxy) is 4. The second-order valence-electron chi connectivity index (χ2n) is 12.1. The Labute approximate surface area is 205 Å². The topological polar surface area (TPSA) is 67.1 Å². The molecule has 0 aromatic heterocycles. The van der Waals surface area contributed by atoms with E-state index in [1.807, 2.05) is 4.90 Å². The molecule has 5 fully saturated rings. The summed E-state index contributed by atoms with van der Waals surface area (Å²) in [6.45, 7) is 11.1.